The maximum absolute atomic E-state index is 13.7. The van der Waals surface area contributed by atoms with Gasteiger partial charge in [0.05, 0.1) is 25.9 Å². The van der Waals surface area contributed by atoms with Gasteiger partial charge in [-0.1, -0.05) is 30.4 Å². The third-order valence-corrected chi connectivity index (χ3v) is 7.17. The first-order valence-electron chi connectivity index (χ1n) is 11.3. The highest BCUT2D eigenvalue weighted by Crippen LogP contribution is 2.54. The highest BCUT2D eigenvalue weighted by atomic mass is 16.5. The molecule has 0 unspecified atom stereocenters. The van der Waals surface area contributed by atoms with E-state index in [1.807, 2.05) is 38.1 Å². The lowest BCUT2D eigenvalue weighted by atomic mass is 9.72. The molecule has 4 rings (SSSR count). The van der Waals surface area contributed by atoms with Gasteiger partial charge in [0, 0.05) is 24.1 Å². The summed E-state index contributed by atoms with van der Waals surface area (Å²) >= 11 is 0. The van der Waals surface area contributed by atoms with Gasteiger partial charge in [-0.15, -0.1) is 13.2 Å². The molecule has 0 atom stereocenters. The molecule has 1 saturated heterocycles. The molecule has 2 aromatic rings. The number of ketones is 1. The summed E-state index contributed by atoms with van der Waals surface area (Å²) in [5.74, 6) is 0.973. The van der Waals surface area contributed by atoms with Crippen LogP contribution in [0.1, 0.15) is 48.2 Å². The van der Waals surface area contributed by atoms with Gasteiger partial charge in [0.2, 0.25) is 0 Å². The first-order chi connectivity index (χ1) is 15.4. The molecule has 4 heteroatoms. The average molecular weight is 432 g/mol. The first-order valence-corrected chi connectivity index (χ1v) is 11.3. The Labute approximate surface area is 191 Å². The van der Waals surface area contributed by atoms with Crippen LogP contribution in [0, 0.1) is 0 Å². The van der Waals surface area contributed by atoms with Crippen molar-refractivity contribution >= 4 is 5.78 Å². The fourth-order valence-electron chi connectivity index (χ4n) is 5.38. The van der Waals surface area contributed by atoms with E-state index in [9.17, 15) is 4.79 Å². The number of Topliss-reactive ketones (excluding diaryl/α,β-unsaturated/α-hetero) is 1. The van der Waals surface area contributed by atoms with Crippen LogP contribution < -0.4 is 4.74 Å². The van der Waals surface area contributed by atoms with E-state index < -0.39 is 5.54 Å². The van der Waals surface area contributed by atoms with Crippen LogP contribution in [0.4, 0.5) is 0 Å². The number of hydrogen-bond donors (Lipinski definition) is 0. The molecule has 0 N–H and O–H groups in total. The number of hydrogen-bond acceptors (Lipinski definition) is 4. The Morgan fingerprint density at radius 2 is 1.66 bits per heavy atom. The molecule has 168 valence electrons. The van der Waals surface area contributed by atoms with Crippen LogP contribution in [-0.2, 0) is 10.2 Å². The minimum Gasteiger partial charge on any atom is -0.497 e. The smallest absolute Gasteiger partial charge is 0.182 e. The van der Waals surface area contributed by atoms with Gasteiger partial charge in [-0.2, -0.15) is 0 Å². The first kappa shape index (κ1) is 22.5. The molecule has 0 saturated carbocycles. The standard InChI is InChI=1S/C28H33NO3/c1-6-12-28(13-7-2)24-18-20(26(30)27(3,4)29-14-16-32-17-15-29)8-10-22(24)23-11-9-21(31-5)19-25(23)28/h6-11,18-19H,1-2,12-17H2,3-5H3. The summed E-state index contributed by atoms with van der Waals surface area (Å²) in [7, 11) is 1.69. The predicted molar refractivity (Wildman–Crippen MR) is 130 cm³/mol. The average Bonchev–Trinajstić information content (AvgIpc) is 3.08. The maximum Gasteiger partial charge on any atom is 0.182 e. The Morgan fingerprint density at radius 3 is 2.25 bits per heavy atom. The van der Waals surface area contributed by atoms with Gasteiger partial charge in [-0.3, -0.25) is 9.69 Å². The Morgan fingerprint density at radius 1 is 1.06 bits per heavy atom. The number of benzene rings is 2. The molecular weight excluding hydrogens is 398 g/mol. The lowest BCUT2D eigenvalue weighted by molar-refractivity contribution is -0.00430. The number of nitrogens with zero attached hydrogens (tertiary/aromatic N) is 1. The molecule has 1 aliphatic carbocycles. The van der Waals surface area contributed by atoms with Gasteiger partial charge < -0.3 is 9.47 Å². The number of methoxy groups -OCH3 is 1. The van der Waals surface area contributed by atoms with Crippen LogP contribution in [0.3, 0.4) is 0 Å². The lowest BCUT2D eigenvalue weighted by Gasteiger charge is -2.39. The number of morpholine rings is 1. The number of rotatable bonds is 8. The monoisotopic (exact) mass is 431 g/mol. The Bertz CT molecular complexity index is 1040. The molecule has 0 radical (unpaired) electrons. The van der Waals surface area contributed by atoms with E-state index in [4.69, 9.17) is 9.47 Å². The van der Waals surface area contributed by atoms with E-state index in [0.717, 1.165) is 37.2 Å². The zero-order chi connectivity index (χ0) is 22.9. The molecule has 0 aromatic heterocycles. The quantitative estimate of drug-likeness (QED) is 0.414. The number of carbonyl (C=O) groups excluding carboxylic acids is 1. The second-order valence-electron chi connectivity index (χ2n) is 9.23. The van der Waals surface area contributed by atoms with E-state index in [1.54, 1.807) is 7.11 Å². The Kier molecular flexibility index (Phi) is 6.11. The number of ether oxygens (including phenoxy) is 2. The molecule has 4 nitrogen and oxygen atoms in total. The number of fused-ring (bicyclic) bond motifs is 3. The van der Waals surface area contributed by atoms with Gasteiger partial charge in [-0.25, -0.2) is 0 Å². The van der Waals surface area contributed by atoms with E-state index in [-0.39, 0.29) is 11.2 Å². The topological polar surface area (TPSA) is 38.8 Å². The van der Waals surface area contributed by atoms with Gasteiger partial charge >= 0.3 is 0 Å². The lowest BCUT2D eigenvalue weighted by Crippen LogP contribution is -2.54. The van der Waals surface area contributed by atoms with Crippen LogP contribution in [0.5, 0.6) is 5.75 Å². The molecule has 1 fully saturated rings. The molecule has 0 amide bonds. The van der Waals surface area contributed by atoms with Gasteiger partial charge in [0.1, 0.15) is 5.75 Å². The van der Waals surface area contributed by atoms with Crippen molar-refractivity contribution in [3.63, 3.8) is 0 Å². The molecule has 32 heavy (non-hydrogen) atoms. The molecule has 2 aliphatic rings. The number of carbonyl (C=O) groups is 1. The third kappa shape index (κ3) is 3.52. The fraction of sp³-hybridized carbons (Fsp3) is 0.393. The van der Waals surface area contributed by atoms with Crippen molar-refractivity contribution in [2.75, 3.05) is 33.4 Å². The summed E-state index contributed by atoms with van der Waals surface area (Å²) in [4.78, 5) is 16.0. The summed E-state index contributed by atoms with van der Waals surface area (Å²) in [5, 5.41) is 0. The Hall–Kier alpha value is -2.69. The molecule has 0 spiro atoms. The molecule has 1 heterocycles. The van der Waals surface area contributed by atoms with Crippen molar-refractivity contribution < 1.29 is 14.3 Å². The predicted octanol–water partition coefficient (Wildman–Crippen LogP) is 5.41. The van der Waals surface area contributed by atoms with Crippen molar-refractivity contribution in [1.82, 2.24) is 4.90 Å². The molecule has 2 aromatic carbocycles. The highest BCUT2D eigenvalue weighted by molar-refractivity contribution is 6.03. The SMILES string of the molecule is C=CCC1(CC=C)c2cc(OC)ccc2-c2ccc(C(=O)C(C)(C)N3CCOCC3)cc21. The summed E-state index contributed by atoms with van der Waals surface area (Å²) in [6.07, 6.45) is 5.45. The summed E-state index contributed by atoms with van der Waals surface area (Å²) < 4.78 is 11.0. The van der Waals surface area contributed by atoms with Crippen LogP contribution >= 0.6 is 0 Å². The highest BCUT2D eigenvalue weighted by Gasteiger charge is 2.43. The zero-order valence-corrected chi connectivity index (χ0v) is 19.4. The van der Waals surface area contributed by atoms with Crippen molar-refractivity contribution in [2.45, 2.75) is 37.6 Å². The van der Waals surface area contributed by atoms with Crippen LogP contribution in [0.2, 0.25) is 0 Å². The second-order valence-corrected chi connectivity index (χ2v) is 9.23. The number of allylic oxidation sites excluding steroid dienone is 2. The second kappa shape index (κ2) is 8.68. The van der Waals surface area contributed by atoms with Gasteiger partial charge in [0.25, 0.3) is 0 Å². The maximum atomic E-state index is 13.7. The minimum absolute atomic E-state index is 0.141. The normalized spacial score (nSPS) is 17.3. The summed E-state index contributed by atoms with van der Waals surface area (Å²) in [6.45, 7) is 15.0. The molecule has 1 aliphatic heterocycles. The van der Waals surface area contributed by atoms with Crippen LogP contribution in [-0.4, -0.2) is 49.6 Å². The Balaban J connectivity index is 1.83. The summed E-state index contributed by atoms with van der Waals surface area (Å²) in [6, 6.07) is 12.5. The zero-order valence-electron chi connectivity index (χ0n) is 19.4. The van der Waals surface area contributed by atoms with Crippen LogP contribution in [0.15, 0.2) is 61.7 Å². The van der Waals surface area contributed by atoms with Crippen molar-refractivity contribution in [3.05, 3.63) is 78.4 Å². The largest absolute Gasteiger partial charge is 0.497 e. The van der Waals surface area contributed by atoms with Gasteiger partial charge in [0.15, 0.2) is 5.78 Å². The third-order valence-electron chi connectivity index (χ3n) is 7.17. The van der Waals surface area contributed by atoms with Crippen molar-refractivity contribution in [2.24, 2.45) is 0 Å². The molecular formula is C28H33NO3. The van der Waals surface area contributed by atoms with Crippen LogP contribution in [0.25, 0.3) is 11.1 Å². The summed E-state index contributed by atoms with van der Waals surface area (Å²) in [5.41, 5.74) is 4.60. The van der Waals surface area contributed by atoms with E-state index >= 15 is 0 Å². The minimum atomic E-state index is -0.591. The van der Waals surface area contributed by atoms with E-state index in [0.29, 0.717) is 13.2 Å². The van der Waals surface area contributed by atoms with Crippen molar-refractivity contribution in [3.8, 4) is 16.9 Å². The fourth-order valence-corrected chi connectivity index (χ4v) is 5.38. The van der Waals surface area contributed by atoms with E-state index in [2.05, 4.69) is 42.3 Å². The van der Waals surface area contributed by atoms with Gasteiger partial charge in [-0.05, 0) is 67.1 Å². The van der Waals surface area contributed by atoms with Crippen molar-refractivity contribution in [1.29, 1.82) is 0 Å². The molecule has 0 bridgehead atoms. The van der Waals surface area contributed by atoms with E-state index in [1.165, 1.54) is 22.3 Å².